The quantitative estimate of drug-likeness (QED) is 0.0245. The predicted molar refractivity (Wildman–Crippen MR) is 259 cm³/mol. The minimum Gasteiger partial charge on any atom is -0.462 e. The lowest BCUT2D eigenvalue weighted by atomic mass is 10.0. The Hall–Kier alpha value is -1.92. The van der Waals surface area contributed by atoms with E-state index in [1.54, 1.807) is 0 Å². The third-order valence-electron chi connectivity index (χ3n) is 12.0. The van der Waals surface area contributed by atoms with Crippen LogP contribution >= 0.6 is 0 Å². The van der Waals surface area contributed by atoms with Crippen LogP contribution in [0.15, 0.2) is 36.5 Å². The molecule has 0 aliphatic carbocycles. The third-order valence-corrected chi connectivity index (χ3v) is 12.0. The number of aliphatic hydroxyl groups is 2. The van der Waals surface area contributed by atoms with Gasteiger partial charge in [-0.3, -0.25) is 9.59 Å². The van der Waals surface area contributed by atoms with E-state index in [1.807, 2.05) is 0 Å². The summed E-state index contributed by atoms with van der Waals surface area (Å²) in [6, 6.07) is -0.706. The van der Waals surface area contributed by atoms with E-state index in [4.69, 9.17) is 4.74 Å². The molecule has 0 fully saturated rings. The van der Waals surface area contributed by atoms with Crippen molar-refractivity contribution < 1.29 is 24.5 Å². The van der Waals surface area contributed by atoms with Crippen molar-refractivity contribution in [2.75, 3.05) is 6.61 Å². The molecule has 0 aromatic heterocycles. The maximum atomic E-state index is 13.1. The first-order valence-corrected chi connectivity index (χ1v) is 26.2. The molecule has 3 unspecified atom stereocenters. The molecule has 0 aromatic carbocycles. The number of hydrogen-bond acceptors (Lipinski definition) is 5. The summed E-state index contributed by atoms with van der Waals surface area (Å²) in [5.74, 6) is -0.504. The van der Waals surface area contributed by atoms with Gasteiger partial charge in [0.1, 0.15) is 6.10 Å². The molecule has 0 rings (SSSR count). The Balaban J connectivity index is 4.41. The topological polar surface area (TPSA) is 95.9 Å². The lowest BCUT2D eigenvalue weighted by Crippen LogP contribution is -2.46. The summed E-state index contributed by atoms with van der Waals surface area (Å²) in [6.45, 7) is 6.41. The fraction of sp³-hybridized carbons (Fsp3) is 0.852. The van der Waals surface area contributed by atoms with Gasteiger partial charge in [-0.15, -0.1) is 0 Å². The molecule has 0 spiro atoms. The van der Waals surface area contributed by atoms with Crippen molar-refractivity contribution in [3.63, 3.8) is 0 Å². The number of hydrogen-bond donors (Lipinski definition) is 3. The summed E-state index contributed by atoms with van der Waals surface area (Å²) in [4.78, 5) is 26.0. The average Bonchev–Trinajstić information content (AvgIpc) is 3.24. The molecule has 0 heterocycles. The molecule has 0 aromatic rings. The van der Waals surface area contributed by atoms with Crippen molar-refractivity contribution in [1.29, 1.82) is 0 Å². The van der Waals surface area contributed by atoms with E-state index in [-0.39, 0.29) is 24.9 Å². The highest BCUT2D eigenvalue weighted by molar-refractivity contribution is 5.77. The molecule has 0 bridgehead atoms. The van der Waals surface area contributed by atoms with Crippen molar-refractivity contribution in [3.05, 3.63) is 36.5 Å². The monoisotopic (exact) mass is 844 g/mol. The van der Waals surface area contributed by atoms with E-state index >= 15 is 0 Å². The number of carbonyl (C=O) groups is 2. The highest BCUT2D eigenvalue weighted by atomic mass is 16.5. The van der Waals surface area contributed by atoms with Crippen LogP contribution in [-0.2, 0) is 14.3 Å². The van der Waals surface area contributed by atoms with Crippen LogP contribution in [-0.4, -0.2) is 46.9 Å². The third kappa shape index (κ3) is 42.8. The average molecular weight is 844 g/mol. The molecule has 0 aliphatic rings. The lowest BCUT2D eigenvalue weighted by molar-refractivity contribution is -0.151. The fourth-order valence-electron chi connectivity index (χ4n) is 7.95. The molecule has 3 atom stereocenters. The summed E-state index contributed by atoms with van der Waals surface area (Å²) in [6.07, 6.45) is 56.5. The van der Waals surface area contributed by atoms with Crippen molar-refractivity contribution in [2.45, 2.75) is 289 Å². The van der Waals surface area contributed by atoms with Gasteiger partial charge in [0.15, 0.2) is 0 Å². The zero-order chi connectivity index (χ0) is 43.8. The normalized spacial score (nSPS) is 13.5. The van der Waals surface area contributed by atoms with E-state index in [2.05, 4.69) is 62.5 Å². The van der Waals surface area contributed by atoms with Gasteiger partial charge in [-0.05, 0) is 70.6 Å². The van der Waals surface area contributed by atoms with Gasteiger partial charge in [-0.2, -0.15) is 0 Å². The number of amides is 1. The van der Waals surface area contributed by atoms with Crippen LogP contribution in [0.3, 0.4) is 0 Å². The Morgan fingerprint density at radius 2 is 0.883 bits per heavy atom. The van der Waals surface area contributed by atoms with Crippen molar-refractivity contribution >= 4 is 11.9 Å². The van der Waals surface area contributed by atoms with E-state index in [9.17, 15) is 19.8 Å². The predicted octanol–water partition coefficient (Wildman–Crippen LogP) is 15.7. The highest BCUT2D eigenvalue weighted by Gasteiger charge is 2.24. The molecule has 0 radical (unpaired) electrons. The van der Waals surface area contributed by atoms with Gasteiger partial charge in [0.2, 0.25) is 5.91 Å². The Kier molecular flexibility index (Phi) is 46.6. The second-order valence-corrected chi connectivity index (χ2v) is 17.9. The van der Waals surface area contributed by atoms with Gasteiger partial charge < -0.3 is 20.3 Å². The standard InChI is InChI=1S/C54H101NO5/c1-4-7-10-13-16-19-21-23-25-26-27-29-31-33-35-38-41-44-47-54(59)60-50(45-42-39-36-18-15-12-9-6-3)48-53(58)55-51(49-56)52(57)46-43-40-37-34-32-30-28-24-22-20-17-14-11-8-5-2/h12,15,25-27,29,50-52,56-57H,4-11,13-14,16-24,28,30-49H2,1-3H3,(H,55,58)/b15-12-,26-25+,29-27+. The summed E-state index contributed by atoms with van der Waals surface area (Å²) >= 11 is 0. The minimum atomic E-state index is -0.792. The molecule has 352 valence electrons. The number of ether oxygens (including phenoxy) is 1. The zero-order valence-corrected chi connectivity index (χ0v) is 40.1. The SMILES string of the molecule is CCC/C=C\CCCCCC(CC(=O)NC(CO)C(O)CCCCCCCCCCCCCCCCC)OC(=O)CCCCCCC/C=C/C=C/CCCCCCCCC. The van der Waals surface area contributed by atoms with Gasteiger partial charge >= 0.3 is 5.97 Å². The Labute approximate surface area is 373 Å². The van der Waals surface area contributed by atoms with E-state index in [0.717, 1.165) is 89.9 Å². The van der Waals surface area contributed by atoms with E-state index in [0.29, 0.717) is 19.3 Å². The number of aliphatic hydroxyl groups excluding tert-OH is 2. The van der Waals surface area contributed by atoms with Crippen LogP contribution in [0.1, 0.15) is 271 Å². The molecule has 0 saturated carbocycles. The van der Waals surface area contributed by atoms with Gasteiger partial charge in [0, 0.05) is 6.42 Å². The zero-order valence-electron chi connectivity index (χ0n) is 40.1. The molecule has 0 aliphatic heterocycles. The van der Waals surface area contributed by atoms with E-state index < -0.39 is 18.2 Å². The Morgan fingerprint density at radius 1 is 0.483 bits per heavy atom. The smallest absolute Gasteiger partial charge is 0.306 e. The number of unbranched alkanes of at least 4 members (excludes halogenated alkanes) is 30. The number of allylic oxidation sites excluding steroid dienone is 6. The van der Waals surface area contributed by atoms with E-state index in [1.165, 1.54) is 135 Å². The molecule has 6 heteroatoms. The Morgan fingerprint density at radius 3 is 1.37 bits per heavy atom. The maximum Gasteiger partial charge on any atom is 0.306 e. The van der Waals surface area contributed by atoms with Crippen molar-refractivity contribution in [3.8, 4) is 0 Å². The van der Waals surface area contributed by atoms with Crippen LogP contribution in [0.5, 0.6) is 0 Å². The molecular formula is C54H101NO5. The lowest BCUT2D eigenvalue weighted by Gasteiger charge is -2.24. The number of nitrogens with one attached hydrogen (secondary N) is 1. The maximum absolute atomic E-state index is 13.1. The first kappa shape index (κ1) is 58.1. The molecule has 60 heavy (non-hydrogen) atoms. The summed E-state index contributed by atoms with van der Waals surface area (Å²) in [7, 11) is 0. The first-order valence-electron chi connectivity index (χ1n) is 26.2. The van der Waals surface area contributed by atoms with Crippen molar-refractivity contribution in [1.82, 2.24) is 5.32 Å². The number of rotatable bonds is 47. The second-order valence-electron chi connectivity index (χ2n) is 17.9. The summed E-state index contributed by atoms with van der Waals surface area (Å²) < 4.78 is 5.90. The summed E-state index contributed by atoms with van der Waals surface area (Å²) in [5.41, 5.74) is 0. The molecule has 1 amide bonds. The molecule has 6 nitrogen and oxygen atoms in total. The van der Waals surface area contributed by atoms with Crippen molar-refractivity contribution in [2.24, 2.45) is 0 Å². The molecule has 0 saturated heterocycles. The Bertz CT molecular complexity index is 993. The number of carbonyl (C=O) groups excluding carboxylic acids is 2. The minimum absolute atomic E-state index is 0.0617. The highest BCUT2D eigenvalue weighted by Crippen LogP contribution is 2.18. The largest absolute Gasteiger partial charge is 0.462 e. The molecule has 3 N–H and O–H groups in total. The van der Waals surface area contributed by atoms with Gasteiger partial charge in [-0.25, -0.2) is 0 Å². The fourth-order valence-corrected chi connectivity index (χ4v) is 7.95. The van der Waals surface area contributed by atoms with Crippen LogP contribution < -0.4 is 5.32 Å². The van der Waals surface area contributed by atoms with Crippen LogP contribution in [0, 0.1) is 0 Å². The van der Waals surface area contributed by atoms with Crippen LogP contribution in [0.4, 0.5) is 0 Å². The van der Waals surface area contributed by atoms with Gasteiger partial charge in [0.25, 0.3) is 0 Å². The van der Waals surface area contributed by atoms with Crippen LogP contribution in [0.25, 0.3) is 0 Å². The first-order chi connectivity index (χ1) is 29.5. The summed E-state index contributed by atoms with van der Waals surface area (Å²) in [5, 5.41) is 23.7. The van der Waals surface area contributed by atoms with Gasteiger partial charge in [-0.1, -0.05) is 224 Å². The molecular weight excluding hydrogens is 743 g/mol. The second kappa shape index (κ2) is 48.1. The van der Waals surface area contributed by atoms with Gasteiger partial charge in [0.05, 0.1) is 25.2 Å². The number of esters is 1. The van der Waals surface area contributed by atoms with Crippen LogP contribution in [0.2, 0.25) is 0 Å².